The second kappa shape index (κ2) is 2.61. The summed E-state index contributed by atoms with van der Waals surface area (Å²) in [6.07, 6.45) is 3.15. The van der Waals surface area contributed by atoms with Crippen molar-refractivity contribution in [3.8, 4) is 11.4 Å². The van der Waals surface area contributed by atoms with Crippen molar-refractivity contribution in [3.05, 3.63) is 24.5 Å². The van der Waals surface area contributed by atoms with E-state index < -0.39 is 0 Å². The van der Waals surface area contributed by atoms with Gasteiger partial charge in [-0.3, -0.25) is 5.10 Å². The maximum Gasteiger partial charge on any atom is 0.113 e. The fraction of sp³-hybridized carbons (Fsp3) is 0. The number of nitrogens with zero attached hydrogens (tertiary/aromatic N) is 3. The molecule has 0 spiro atoms. The fourth-order valence-electron chi connectivity index (χ4n) is 0.935. The Hall–Kier alpha value is -1.91. The number of nitrogen functional groups attached to an aromatic ring is 1. The van der Waals surface area contributed by atoms with Gasteiger partial charge in [0.2, 0.25) is 0 Å². The largest absolute Gasteiger partial charge is 0.396 e. The summed E-state index contributed by atoms with van der Waals surface area (Å²) in [7, 11) is 0. The van der Waals surface area contributed by atoms with Crippen LogP contribution < -0.4 is 5.73 Å². The normalized spacial score (nSPS) is 10.0. The third kappa shape index (κ3) is 1.01. The fourth-order valence-corrected chi connectivity index (χ4v) is 0.935. The zero-order valence-corrected chi connectivity index (χ0v) is 6.23. The van der Waals surface area contributed by atoms with Crippen LogP contribution in [0.5, 0.6) is 0 Å². The lowest BCUT2D eigenvalue weighted by Crippen LogP contribution is -1.90. The van der Waals surface area contributed by atoms with Crippen molar-refractivity contribution in [2.75, 3.05) is 5.73 Å². The molecule has 0 radical (unpaired) electrons. The van der Waals surface area contributed by atoms with E-state index in [0.29, 0.717) is 17.1 Å². The highest BCUT2D eigenvalue weighted by molar-refractivity contribution is 5.68. The summed E-state index contributed by atoms with van der Waals surface area (Å²) in [6.45, 7) is 0. The predicted octanol–water partition coefficient (Wildman–Crippen LogP) is 0.449. The average molecular weight is 161 g/mol. The van der Waals surface area contributed by atoms with Crippen LogP contribution in [0.3, 0.4) is 0 Å². The second-order valence-electron chi connectivity index (χ2n) is 2.31. The molecule has 3 N–H and O–H groups in total. The molecule has 2 aromatic heterocycles. The summed E-state index contributed by atoms with van der Waals surface area (Å²) in [4.78, 5) is 0. The maximum atomic E-state index is 5.61. The van der Waals surface area contributed by atoms with Gasteiger partial charge in [0.25, 0.3) is 0 Å². The van der Waals surface area contributed by atoms with Gasteiger partial charge in [-0.1, -0.05) is 0 Å². The molecule has 0 aliphatic heterocycles. The molecule has 0 aliphatic carbocycles. The number of hydrogen-bond acceptors (Lipinski definition) is 4. The minimum atomic E-state index is 0.579. The van der Waals surface area contributed by atoms with Crippen LogP contribution in [-0.2, 0) is 0 Å². The Balaban J connectivity index is 2.51. The van der Waals surface area contributed by atoms with Crippen LogP contribution in [0.2, 0.25) is 0 Å². The van der Waals surface area contributed by atoms with E-state index in [2.05, 4.69) is 20.4 Å². The molecule has 0 amide bonds. The molecule has 2 rings (SSSR count). The maximum absolute atomic E-state index is 5.61. The Morgan fingerprint density at radius 3 is 2.92 bits per heavy atom. The van der Waals surface area contributed by atoms with Crippen molar-refractivity contribution in [2.45, 2.75) is 0 Å². The number of H-pyrrole nitrogens is 1. The molecule has 0 unspecified atom stereocenters. The quantitative estimate of drug-likeness (QED) is 0.636. The Labute approximate surface area is 68.6 Å². The van der Waals surface area contributed by atoms with Gasteiger partial charge < -0.3 is 5.73 Å². The standard InChI is InChI=1S/C7H7N5/c8-5-4-10-12-7(5)6-2-1-3-9-11-6/h1-4H,8H2,(H,10,12). The van der Waals surface area contributed by atoms with Gasteiger partial charge in [0, 0.05) is 6.20 Å². The van der Waals surface area contributed by atoms with Gasteiger partial charge in [0.05, 0.1) is 11.9 Å². The topological polar surface area (TPSA) is 80.5 Å². The molecule has 12 heavy (non-hydrogen) atoms. The van der Waals surface area contributed by atoms with Crippen molar-refractivity contribution in [1.82, 2.24) is 20.4 Å². The molecule has 0 atom stereocenters. The SMILES string of the molecule is Nc1cn[nH]c1-c1cccnn1. The van der Waals surface area contributed by atoms with Gasteiger partial charge in [-0.05, 0) is 12.1 Å². The molecule has 0 bridgehead atoms. The van der Waals surface area contributed by atoms with Crippen molar-refractivity contribution in [2.24, 2.45) is 0 Å². The van der Waals surface area contributed by atoms with Gasteiger partial charge in [-0.2, -0.15) is 10.2 Å². The van der Waals surface area contributed by atoms with E-state index in [4.69, 9.17) is 5.73 Å². The first-order chi connectivity index (χ1) is 5.88. The van der Waals surface area contributed by atoms with E-state index in [1.165, 1.54) is 0 Å². The summed E-state index contributed by atoms with van der Waals surface area (Å²) in [5.41, 5.74) is 7.60. The van der Waals surface area contributed by atoms with Crippen molar-refractivity contribution < 1.29 is 0 Å². The lowest BCUT2D eigenvalue weighted by atomic mass is 10.3. The Kier molecular flexibility index (Phi) is 1.48. The van der Waals surface area contributed by atoms with Crippen LogP contribution >= 0.6 is 0 Å². The number of nitrogens with two attached hydrogens (primary N) is 1. The van der Waals surface area contributed by atoms with E-state index in [9.17, 15) is 0 Å². The molecule has 0 aromatic carbocycles. The van der Waals surface area contributed by atoms with Crippen LogP contribution in [0, 0.1) is 0 Å². The third-order valence-electron chi connectivity index (χ3n) is 1.50. The van der Waals surface area contributed by atoms with Crippen molar-refractivity contribution >= 4 is 5.69 Å². The van der Waals surface area contributed by atoms with Gasteiger partial charge in [-0.25, -0.2) is 0 Å². The molecule has 2 heterocycles. The third-order valence-corrected chi connectivity index (χ3v) is 1.50. The lowest BCUT2D eigenvalue weighted by molar-refractivity contribution is 1.02. The molecule has 0 saturated heterocycles. The number of nitrogens with one attached hydrogen (secondary N) is 1. The van der Waals surface area contributed by atoms with Crippen LogP contribution in [0.1, 0.15) is 0 Å². The molecule has 5 heteroatoms. The average Bonchev–Trinajstić information content (AvgIpc) is 2.53. The van der Waals surface area contributed by atoms with Gasteiger partial charge in [-0.15, -0.1) is 5.10 Å². The summed E-state index contributed by atoms with van der Waals surface area (Å²) in [6, 6.07) is 3.61. The van der Waals surface area contributed by atoms with E-state index >= 15 is 0 Å². The summed E-state index contributed by atoms with van der Waals surface area (Å²) < 4.78 is 0. The first-order valence-electron chi connectivity index (χ1n) is 3.45. The molecular weight excluding hydrogens is 154 g/mol. The second-order valence-corrected chi connectivity index (χ2v) is 2.31. The predicted molar refractivity (Wildman–Crippen MR) is 44.0 cm³/mol. The summed E-state index contributed by atoms with van der Waals surface area (Å²) >= 11 is 0. The van der Waals surface area contributed by atoms with Gasteiger partial charge >= 0.3 is 0 Å². The zero-order valence-electron chi connectivity index (χ0n) is 6.23. The van der Waals surface area contributed by atoms with Crippen molar-refractivity contribution in [1.29, 1.82) is 0 Å². The Morgan fingerprint density at radius 2 is 2.33 bits per heavy atom. The number of rotatable bonds is 1. The van der Waals surface area contributed by atoms with Gasteiger partial charge in [0.15, 0.2) is 0 Å². The van der Waals surface area contributed by atoms with E-state index in [1.54, 1.807) is 18.5 Å². The van der Waals surface area contributed by atoms with E-state index in [-0.39, 0.29) is 0 Å². The Morgan fingerprint density at radius 1 is 1.42 bits per heavy atom. The molecule has 60 valence electrons. The first-order valence-corrected chi connectivity index (χ1v) is 3.45. The number of aromatic amines is 1. The Bertz CT molecular complexity index is 366. The molecule has 2 aromatic rings. The van der Waals surface area contributed by atoms with E-state index in [0.717, 1.165) is 0 Å². The summed E-state index contributed by atoms with van der Waals surface area (Å²) in [5, 5.41) is 14.1. The number of anilines is 1. The first kappa shape index (κ1) is 6.78. The minimum Gasteiger partial charge on any atom is -0.396 e. The molecule has 5 nitrogen and oxygen atoms in total. The highest BCUT2D eigenvalue weighted by Crippen LogP contribution is 2.18. The highest BCUT2D eigenvalue weighted by Gasteiger charge is 2.04. The van der Waals surface area contributed by atoms with E-state index in [1.807, 2.05) is 6.07 Å². The summed E-state index contributed by atoms with van der Waals surface area (Å²) in [5.74, 6) is 0. The zero-order chi connectivity index (χ0) is 8.39. The van der Waals surface area contributed by atoms with Crippen LogP contribution in [0.4, 0.5) is 5.69 Å². The molecule has 0 aliphatic rings. The van der Waals surface area contributed by atoms with Crippen LogP contribution in [0.15, 0.2) is 24.5 Å². The lowest BCUT2D eigenvalue weighted by Gasteiger charge is -1.94. The van der Waals surface area contributed by atoms with Crippen molar-refractivity contribution in [3.63, 3.8) is 0 Å². The van der Waals surface area contributed by atoms with Crippen LogP contribution in [-0.4, -0.2) is 20.4 Å². The minimum absolute atomic E-state index is 0.579. The highest BCUT2D eigenvalue weighted by atomic mass is 15.2. The monoisotopic (exact) mass is 161 g/mol. The molecule has 0 saturated carbocycles. The van der Waals surface area contributed by atoms with Crippen LogP contribution in [0.25, 0.3) is 11.4 Å². The number of aromatic nitrogens is 4. The van der Waals surface area contributed by atoms with Gasteiger partial charge in [0.1, 0.15) is 11.4 Å². The molecular formula is C7H7N5. The number of hydrogen-bond donors (Lipinski definition) is 2. The smallest absolute Gasteiger partial charge is 0.113 e. The molecule has 0 fully saturated rings.